The molecule has 19 heavy (non-hydrogen) atoms. The van der Waals surface area contributed by atoms with E-state index in [2.05, 4.69) is 5.32 Å². The third-order valence-corrected chi connectivity index (χ3v) is 4.34. The molecule has 0 amide bonds. The van der Waals surface area contributed by atoms with Crippen LogP contribution in [0.25, 0.3) is 0 Å². The Bertz CT molecular complexity index is 544. The number of primary sulfonamides is 1. The fourth-order valence-electron chi connectivity index (χ4n) is 1.57. The second kappa shape index (κ2) is 6.00. The van der Waals surface area contributed by atoms with Crippen molar-refractivity contribution in [3.05, 3.63) is 18.2 Å². The van der Waals surface area contributed by atoms with Crippen LogP contribution in [0.5, 0.6) is 0 Å². The predicted molar refractivity (Wildman–Crippen MR) is 79.7 cm³/mol. The van der Waals surface area contributed by atoms with Crippen molar-refractivity contribution in [3.8, 4) is 0 Å². The Balaban J connectivity index is 2.80. The molecule has 0 aliphatic heterocycles. The summed E-state index contributed by atoms with van der Waals surface area (Å²) in [6.07, 6.45) is 1.91. The Kier molecular flexibility index (Phi) is 5.08. The minimum absolute atomic E-state index is 0.0806. The van der Waals surface area contributed by atoms with E-state index in [-0.39, 0.29) is 10.6 Å². The highest BCUT2D eigenvalue weighted by molar-refractivity contribution is 7.98. The van der Waals surface area contributed by atoms with Gasteiger partial charge in [-0.3, -0.25) is 0 Å². The SMILES string of the molecule is CSCC(C)(O)CNc1ccc(S(N)(=O)=O)c(N)c1. The van der Waals surface area contributed by atoms with E-state index in [1.165, 1.54) is 12.1 Å². The molecule has 0 bridgehead atoms. The summed E-state index contributed by atoms with van der Waals surface area (Å²) in [6, 6.07) is 4.39. The van der Waals surface area contributed by atoms with E-state index in [0.29, 0.717) is 18.0 Å². The maximum absolute atomic E-state index is 11.2. The largest absolute Gasteiger partial charge is 0.398 e. The molecule has 1 aromatic rings. The fourth-order valence-corrected chi connectivity index (χ4v) is 2.94. The molecule has 0 saturated carbocycles. The van der Waals surface area contributed by atoms with Crippen LogP contribution in [0, 0.1) is 0 Å². The fraction of sp³-hybridized carbons (Fsp3) is 0.455. The zero-order valence-electron chi connectivity index (χ0n) is 10.9. The molecule has 108 valence electrons. The number of rotatable bonds is 6. The van der Waals surface area contributed by atoms with Gasteiger partial charge in [0, 0.05) is 18.0 Å². The van der Waals surface area contributed by atoms with Crippen LogP contribution < -0.4 is 16.2 Å². The quantitative estimate of drug-likeness (QED) is 0.566. The number of benzene rings is 1. The van der Waals surface area contributed by atoms with Crippen LogP contribution in [0.2, 0.25) is 0 Å². The third kappa shape index (κ3) is 4.90. The summed E-state index contributed by atoms with van der Waals surface area (Å²) < 4.78 is 22.4. The minimum atomic E-state index is -3.81. The van der Waals surface area contributed by atoms with Crippen molar-refractivity contribution in [1.82, 2.24) is 0 Å². The van der Waals surface area contributed by atoms with Crippen molar-refractivity contribution in [2.45, 2.75) is 17.4 Å². The van der Waals surface area contributed by atoms with Gasteiger partial charge in [0.15, 0.2) is 0 Å². The second-order valence-electron chi connectivity index (χ2n) is 4.58. The molecule has 6 N–H and O–H groups in total. The van der Waals surface area contributed by atoms with E-state index < -0.39 is 15.6 Å². The summed E-state index contributed by atoms with van der Waals surface area (Å²) in [6.45, 7) is 2.06. The van der Waals surface area contributed by atoms with Crippen LogP contribution >= 0.6 is 11.8 Å². The summed E-state index contributed by atoms with van der Waals surface area (Å²) in [5.74, 6) is 0.588. The van der Waals surface area contributed by atoms with Gasteiger partial charge < -0.3 is 16.2 Å². The summed E-state index contributed by atoms with van der Waals surface area (Å²) in [4.78, 5) is -0.103. The Morgan fingerprint density at radius 2 is 2.11 bits per heavy atom. The first-order chi connectivity index (χ1) is 8.65. The zero-order chi connectivity index (χ0) is 14.7. The lowest BCUT2D eigenvalue weighted by Gasteiger charge is -2.23. The van der Waals surface area contributed by atoms with E-state index in [1.54, 1.807) is 24.8 Å². The van der Waals surface area contributed by atoms with Crippen molar-refractivity contribution < 1.29 is 13.5 Å². The van der Waals surface area contributed by atoms with Gasteiger partial charge >= 0.3 is 0 Å². The highest BCUT2D eigenvalue weighted by Crippen LogP contribution is 2.22. The summed E-state index contributed by atoms with van der Waals surface area (Å²) in [7, 11) is -3.81. The first-order valence-electron chi connectivity index (χ1n) is 5.53. The standard InChI is InChI=1S/C11H19N3O3S2/c1-11(15,7-18-2)6-14-8-3-4-10(9(12)5-8)19(13,16)17/h3-5,14-15H,6-7,12H2,1-2H3,(H2,13,16,17). The average molecular weight is 305 g/mol. The molecule has 8 heteroatoms. The molecule has 0 aromatic heterocycles. The first kappa shape index (κ1) is 16.1. The molecule has 0 fully saturated rings. The lowest BCUT2D eigenvalue weighted by molar-refractivity contribution is 0.0997. The number of nitrogen functional groups attached to an aromatic ring is 1. The smallest absolute Gasteiger partial charge is 0.240 e. The Morgan fingerprint density at radius 1 is 1.47 bits per heavy atom. The number of hydrogen-bond acceptors (Lipinski definition) is 6. The van der Waals surface area contributed by atoms with E-state index >= 15 is 0 Å². The van der Waals surface area contributed by atoms with Gasteiger partial charge in [-0.05, 0) is 31.4 Å². The Morgan fingerprint density at radius 3 is 2.58 bits per heavy atom. The van der Waals surface area contributed by atoms with Gasteiger partial charge in [0.05, 0.1) is 11.3 Å². The molecular formula is C11H19N3O3S2. The van der Waals surface area contributed by atoms with Crippen molar-refractivity contribution in [2.75, 3.05) is 29.6 Å². The van der Waals surface area contributed by atoms with E-state index in [4.69, 9.17) is 10.9 Å². The van der Waals surface area contributed by atoms with Gasteiger partial charge in [-0.25, -0.2) is 13.6 Å². The van der Waals surface area contributed by atoms with Crippen LogP contribution in [-0.4, -0.2) is 37.7 Å². The molecule has 1 aromatic carbocycles. The highest BCUT2D eigenvalue weighted by atomic mass is 32.2. The van der Waals surface area contributed by atoms with Gasteiger partial charge in [0.25, 0.3) is 0 Å². The molecule has 1 rings (SSSR count). The lowest BCUT2D eigenvalue weighted by atomic mass is 10.1. The second-order valence-corrected chi connectivity index (χ2v) is 6.98. The maximum atomic E-state index is 11.2. The molecule has 0 aliphatic rings. The normalized spacial score (nSPS) is 14.9. The van der Waals surface area contributed by atoms with Crippen LogP contribution in [0.15, 0.2) is 23.1 Å². The number of nitrogens with one attached hydrogen (secondary N) is 1. The van der Waals surface area contributed by atoms with Gasteiger partial charge in [-0.2, -0.15) is 11.8 Å². The number of sulfonamides is 1. The van der Waals surface area contributed by atoms with Crippen LogP contribution in [0.1, 0.15) is 6.92 Å². The van der Waals surface area contributed by atoms with Crippen molar-refractivity contribution in [3.63, 3.8) is 0 Å². The monoisotopic (exact) mass is 305 g/mol. The predicted octanol–water partition coefficient (Wildman–Crippen LogP) is 0.442. The molecular weight excluding hydrogens is 286 g/mol. The topological polar surface area (TPSA) is 118 Å². The van der Waals surface area contributed by atoms with Crippen LogP contribution in [0.4, 0.5) is 11.4 Å². The highest BCUT2D eigenvalue weighted by Gasteiger charge is 2.19. The third-order valence-electron chi connectivity index (χ3n) is 2.44. The number of anilines is 2. The van der Waals surface area contributed by atoms with Crippen molar-refractivity contribution >= 4 is 33.2 Å². The van der Waals surface area contributed by atoms with Gasteiger partial charge in [-0.1, -0.05) is 0 Å². The van der Waals surface area contributed by atoms with Gasteiger partial charge in [-0.15, -0.1) is 0 Å². The average Bonchev–Trinajstić information content (AvgIpc) is 2.25. The summed E-state index contributed by atoms with van der Waals surface area (Å²) in [5, 5.41) is 18.0. The molecule has 0 spiro atoms. The molecule has 0 heterocycles. The van der Waals surface area contributed by atoms with Crippen molar-refractivity contribution in [2.24, 2.45) is 5.14 Å². The molecule has 0 aliphatic carbocycles. The van der Waals surface area contributed by atoms with Crippen LogP contribution in [0.3, 0.4) is 0 Å². The van der Waals surface area contributed by atoms with Gasteiger partial charge in [0.2, 0.25) is 10.0 Å². The Hall–Kier alpha value is -0.960. The zero-order valence-corrected chi connectivity index (χ0v) is 12.5. The molecule has 1 atom stereocenters. The summed E-state index contributed by atoms with van der Waals surface area (Å²) in [5.41, 5.74) is 5.50. The van der Waals surface area contributed by atoms with Crippen molar-refractivity contribution in [1.29, 1.82) is 0 Å². The van der Waals surface area contributed by atoms with Crippen LogP contribution in [-0.2, 0) is 10.0 Å². The molecule has 1 unspecified atom stereocenters. The van der Waals surface area contributed by atoms with E-state index in [9.17, 15) is 13.5 Å². The molecule has 6 nitrogen and oxygen atoms in total. The number of nitrogens with two attached hydrogens (primary N) is 2. The number of hydrogen-bond donors (Lipinski definition) is 4. The maximum Gasteiger partial charge on any atom is 0.240 e. The number of aliphatic hydroxyl groups is 1. The van der Waals surface area contributed by atoms with E-state index in [0.717, 1.165) is 0 Å². The lowest BCUT2D eigenvalue weighted by Crippen LogP contribution is -2.36. The molecule has 0 saturated heterocycles. The minimum Gasteiger partial charge on any atom is -0.398 e. The Labute approximate surface area is 117 Å². The molecule has 0 radical (unpaired) electrons. The first-order valence-corrected chi connectivity index (χ1v) is 8.47. The van der Waals surface area contributed by atoms with Gasteiger partial charge in [0.1, 0.15) is 4.90 Å². The number of thioether (sulfide) groups is 1. The van der Waals surface area contributed by atoms with E-state index in [1.807, 2.05) is 6.26 Å². The summed E-state index contributed by atoms with van der Waals surface area (Å²) >= 11 is 1.54.